The molecule has 4 heterocycles. The minimum absolute atomic E-state index is 0.0107. The molecule has 1 saturated heterocycles. The summed E-state index contributed by atoms with van der Waals surface area (Å²) in [6, 6.07) is 9.78. The number of amides is 1. The lowest BCUT2D eigenvalue weighted by Gasteiger charge is -2.23. The molecule has 1 fully saturated rings. The summed E-state index contributed by atoms with van der Waals surface area (Å²) in [5.41, 5.74) is 0.811. The van der Waals surface area contributed by atoms with Gasteiger partial charge in [-0.2, -0.15) is 0 Å². The van der Waals surface area contributed by atoms with Crippen molar-refractivity contribution in [3.63, 3.8) is 0 Å². The van der Waals surface area contributed by atoms with Gasteiger partial charge < -0.3 is 4.90 Å². The van der Waals surface area contributed by atoms with E-state index in [-0.39, 0.29) is 24.1 Å². The lowest BCUT2D eigenvalue weighted by atomic mass is 10.2. The van der Waals surface area contributed by atoms with Gasteiger partial charge >= 0.3 is 0 Å². The summed E-state index contributed by atoms with van der Waals surface area (Å²) < 4.78 is 2.54. The lowest BCUT2D eigenvalue weighted by molar-refractivity contribution is -0.132. The number of carbonyl (C=O) groups is 1. The van der Waals surface area contributed by atoms with Crippen molar-refractivity contribution in [1.29, 1.82) is 0 Å². The van der Waals surface area contributed by atoms with E-state index < -0.39 is 0 Å². The van der Waals surface area contributed by atoms with Crippen molar-refractivity contribution in [2.45, 2.75) is 25.4 Å². The van der Waals surface area contributed by atoms with Gasteiger partial charge in [0.25, 0.3) is 5.56 Å². The maximum atomic E-state index is 13.0. The van der Waals surface area contributed by atoms with E-state index in [1.807, 2.05) is 28.5 Å². The van der Waals surface area contributed by atoms with E-state index in [0.717, 1.165) is 28.1 Å². The molecule has 3 aromatic heterocycles. The Morgan fingerprint density at radius 1 is 1.26 bits per heavy atom. The van der Waals surface area contributed by atoms with Crippen LogP contribution in [0.2, 0.25) is 0 Å². The molecule has 1 aromatic carbocycles. The number of para-hydroxylation sites is 1. The third-order valence-electron chi connectivity index (χ3n) is 4.92. The fourth-order valence-electron chi connectivity index (χ4n) is 3.60. The summed E-state index contributed by atoms with van der Waals surface area (Å²) in [4.78, 5) is 37.1. The van der Waals surface area contributed by atoms with E-state index in [9.17, 15) is 9.59 Å². The molecule has 0 N–H and O–H groups in total. The van der Waals surface area contributed by atoms with E-state index in [0.29, 0.717) is 16.8 Å². The number of likely N-dealkylation sites (tertiary alicyclic amines) is 1. The van der Waals surface area contributed by atoms with Crippen molar-refractivity contribution in [3.8, 4) is 0 Å². The Labute approximate surface area is 162 Å². The lowest BCUT2D eigenvalue weighted by Crippen LogP contribution is -2.36. The molecule has 1 amide bonds. The molecule has 5 rings (SSSR count). The highest BCUT2D eigenvalue weighted by Gasteiger charge is 2.32. The van der Waals surface area contributed by atoms with E-state index >= 15 is 0 Å². The molecule has 0 aliphatic carbocycles. The molecule has 1 atom stereocenters. The van der Waals surface area contributed by atoms with Gasteiger partial charge in [-0.1, -0.05) is 12.1 Å². The quantitative estimate of drug-likeness (QED) is 0.532. The van der Waals surface area contributed by atoms with Gasteiger partial charge in [-0.05, 0) is 36.4 Å². The SMILES string of the molecule is O=C(Cn1cnc2sccc2c1=O)N1CCC[C@@H]1c1nc2ccccc2s1. The van der Waals surface area contributed by atoms with E-state index in [1.165, 1.54) is 22.2 Å². The monoisotopic (exact) mass is 396 g/mol. The van der Waals surface area contributed by atoms with Crippen LogP contribution in [0, 0.1) is 0 Å². The Balaban J connectivity index is 1.43. The zero-order chi connectivity index (χ0) is 18.4. The summed E-state index contributed by atoms with van der Waals surface area (Å²) in [7, 11) is 0. The molecular formula is C19H16N4O2S2. The fourth-order valence-corrected chi connectivity index (χ4v) is 5.44. The molecule has 6 nitrogen and oxygen atoms in total. The van der Waals surface area contributed by atoms with Gasteiger partial charge in [0.1, 0.15) is 16.4 Å². The van der Waals surface area contributed by atoms with Crippen LogP contribution in [-0.4, -0.2) is 31.9 Å². The first-order valence-electron chi connectivity index (χ1n) is 8.78. The predicted octanol–water partition coefficient (Wildman–Crippen LogP) is 3.43. The zero-order valence-corrected chi connectivity index (χ0v) is 16.0. The summed E-state index contributed by atoms with van der Waals surface area (Å²) in [5.74, 6) is -0.0600. The fraction of sp³-hybridized carbons (Fsp3) is 0.263. The zero-order valence-electron chi connectivity index (χ0n) is 14.4. The normalized spacial score (nSPS) is 17.2. The molecule has 27 heavy (non-hydrogen) atoms. The minimum Gasteiger partial charge on any atom is -0.332 e. The third kappa shape index (κ3) is 2.85. The molecule has 136 valence electrons. The molecule has 0 spiro atoms. The van der Waals surface area contributed by atoms with Crippen LogP contribution < -0.4 is 5.56 Å². The number of benzene rings is 1. The average molecular weight is 396 g/mol. The van der Waals surface area contributed by atoms with Crippen molar-refractivity contribution in [1.82, 2.24) is 19.4 Å². The second kappa shape index (κ2) is 6.54. The molecule has 0 saturated carbocycles. The average Bonchev–Trinajstić information content (AvgIpc) is 3.42. The number of rotatable bonds is 3. The second-order valence-electron chi connectivity index (χ2n) is 6.58. The summed E-state index contributed by atoms with van der Waals surface area (Å²) >= 11 is 3.07. The van der Waals surface area contributed by atoms with Gasteiger partial charge in [0.05, 0.1) is 28.0 Å². The number of nitrogens with zero attached hydrogens (tertiary/aromatic N) is 4. The standard InChI is InChI=1S/C19H16N4O2S2/c24-16(10-22-11-20-17-12(19(22)25)7-9-26-17)23-8-3-5-14(23)18-21-13-4-1-2-6-15(13)27-18/h1-2,4,6-7,9,11,14H,3,5,8,10H2/t14-/m1/s1. The smallest absolute Gasteiger partial charge is 0.262 e. The number of fused-ring (bicyclic) bond motifs is 2. The van der Waals surface area contributed by atoms with Gasteiger partial charge in [-0.25, -0.2) is 9.97 Å². The maximum Gasteiger partial charge on any atom is 0.262 e. The molecule has 1 aliphatic heterocycles. The first kappa shape index (κ1) is 16.6. The predicted molar refractivity (Wildman–Crippen MR) is 107 cm³/mol. The summed E-state index contributed by atoms with van der Waals surface area (Å²) in [5, 5.41) is 3.38. The molecule has 0 radical (unpaired) electrons. The van der Waals surface area contributed by atoms with Gasteiger partial charge in [-0.15, -0.1) is 22.7 Å². The van der Waals surface area contributed by atoms with Crippen molar-refractivity contribution < 1.29 is 4.79 Å². The number of thiophene rings is 1. The highest BCUT2D eigenvalue weighted by atomic mass is 32.1. The Kier molecular flexibility index (Phi) is 4.02. The van der Waals surface area contributed by atoms with Crippen LogP contribution in [-0.2, 0) is 11.3 Å². The maximum absolute atomic E-state index is 13.0. The number of hydrogen-bond acceptors (Lipinski definition) is 6. The first-order valence-corrected chi connectivity index (χ1v) is 10.5. The Morgan fingerprint density at radius 2 is 2.15 bits per heavy atom. The van der Waals surface area contributed by atoms with Crippen molar-refractivity contribution >= 4 is 49.0 Å². The van der Waals surface area contributed by atoms with E-state index in [1.54, 1.807) is 17.4 Å². The Hall–Kier alpha value is -2.58. The highest BCUT2D eigenvalue weighted by molar-refractivity contribution is 7.18. The first-order chi connectivity index (χ1) is 13.2. The molecule has 8 heteroatoms. The van der Waals surface area contributed by atoms with Gasteiger partial charge in [0.15, 0.2) is 0 Å². The van der Waals surface area contributed by atoms with Crippen molar-refractivity contribution in [2.75, 3.05) is 6.54 Å². The number of aromatic nitrogens is 3. The largest absolute Gasteiger partial charge is 0.332 e. The molecule has 4 aromatic rings. The Morgan fingerprint density at radius 3 is 3.04 bits per heavy atom. The van der Waals surface area contributed by atoms with Crippen LogP contribution in [0.3, 0.4) is 0 Å². The Bertz CT molecular complexity index is 1180. The van der Waals surface area contributed by atoms with Crippen LogP contribution in [0.25, 0.3) is 20.4 Å². The van der Waals surface area contributed by atoms with Crippen LogP contribution >= 0.6 is 22.7 Å². The second-order valence-corrected chi connectivity index (χ2v) is 8.54. The minimum atomic E-state index is -0.162. The van der Waals surface area contributed by atoms with E-state index in [4.69, 9.17) is 4.98 Å². The highest BCUT2D eigenvalue weighted by Crippen LogP contribution is 2.36. The van der Waals surface area contributed by atoms with Gasteiger partial charge in [-0.3, -0.25) is 14.2 Å². The summed E-state index contributed by atoms with van der Waals surface area (Å²) in [6.45, 7) is 0.710. The number of thiazole rings is 1. The van der Waals surface area contributed by atoms with Crippen molar-refractivity contribution in [3.05, 3.63) is 57.4 Å². The van der Waals surface area contributed by atoms with Crippen LogP contribution in [0.5, 0.6) is 0 Å². The topological polar surface area (TPSA) is 68.1 Å². The van der Waals surface area contributed by atoms with Crippen LogP contribution in [0.15, 0.2) is 46.8 Å². The molecule has 0 bridgehead atoms. The summed E-state index contributed by atoms with van der Waals surface area (Å²) in [6.07, 6.45) is 3.33. The number of carbonyl (C=O) groups excluding carboxylic acids is 1. The van der Waals surface area contributed by atoms with Gasteiger partial charge in [0, 0.05) is 6.54 Å². The van der Waals surface area contributed by atoms with Crippen molar-refractivity contribution in [2.24, 2.45) is 0 Å². The molecular weight excluding hydrogens is 380 g/mol. The number of hydrogen-bond donors (Lipinski definition) is 0. The van der Waals surface area contributed by atoms with Crippen LogP contribution in [0.1, 0.15) is 23.9 Å². The molecule has 1 aliphatic rings. The third-order valence-corrected chi connectivity index (χ3v) is 6.88. The van der Waals surface area contributed by atoms with Crippen LogP contribution in [0.4, 0.5) is 0 Å². The van der Waals surface area contributed by atoms with Gasteiger partial charge in [0.2, 0.25) is 5.91 Å². The molecule has 0 unspecified atom stereocenters. The van der Waals surface area contributed by atoms with E-state index in [2.05, 4.69) is 11.1 Å².